The molecular weight excluding hydrogens is 256 g/mol. The van der Waals surface area contributed by atoms with Gasteiger partial charge < -0.3 is 10.0 Å². The molecule has 0 saturated carbocycles. The molecule has 106 valence electrons. The van der Waals surface area contributed by atoms with Crippen LogP contribution in [0.3, 0.4) is 0 Å². The number of hydrogen-bond acceptors (Lipinski definition) is 4. The van der Waals surface area contributed by atoms with Crippen molar-refractivity contribution in [1.82, 2.24) is 9.21 Å². The van der Waals surface area contributed by atoms with E-state index in [-0.39, 0.29) is 0 Å². The van der Waals surface area contributed by atoms with Crippen molar-refractivity contribution in [3.05, 3.63) is 0 Å². The summed E-state index contributed by atoms with van der Waals surface area (Å²) in [6.45, 7) is 3.03. The number of carboxylic acids is 1. The lowest BCUT2D eigenvalue weighted by atomic mass is 9.98. The van der Waals surface area contributed by atoms with E-state index in [0.717, 1.165) is 19.4 Å². The Morgan fingerprint density at radius 2 is 1.89 bits per heavy atom. The van der Waals surface area contributed by atoms with Crippen LogP contribution in [0, 0.1) is 5.92 Å². The molecule has 0 amide bonds. The highest BCUT2D eigenvalue weighted by atomic mass is 32.2. The number of piperidine rings is 1. The fraction of sp³-hybridized carbons (Fsp3) is 0.909. The van der Waals surface area contributed by atoms with Crippen molar-refractivity contribution in [1.29, 1.82) is 0 Å². The van der Waals surface area contributed by atoms with E-state index in [1.54, 1.807) is 0 Å². The smallest absolute Gasteiger partial charge is 0.323 e. The summed E-state index contributed by atoms with van der Waals surface area (Å²) in [5, 5.41) is 7.45. The first-order valence-corrected chi connectivity index (χ1v) is 7.62. The minimum atomic E-state index is -3.69. The predicted molar refractivity (Wildman–Crippen MR) is 68.9 cm³/mol. The van der Waals surface area contributed by atoms with Crippen LogP contribution < -0.4 is 0 Å². The number of carbonyl (C=O) groups is 1. The molecule has 1 unspecified atom stereocenters. The molecule has 0 aromatic carbocycles. The maximum absolute atomic E-state index is 12.0. The third kappa shape index (κ3) is 3.66. The first-order valence-electron chi connectivity index (χ1n) is 6.11. The Labute approximate surface area is 109 Å². The zero-order valence-corrected chi connectivity index (χ0v) is 12.0. The molecule has 0 spiro atoms. The van der Waals surface area contributed by atoms with E-state index in [2.05, 4.69) is 4.90 Å². The molecule has 1 rings (SSSR count). The summed E-state index contributed by atoms with van der Waals surface area (Å²) >= 11 is 0. The zero-order chi connectivity index (χ0) is 13.9. The second kappa shape index (κ2) is 5.99. The van der Waals surface area contributed by atoms with Gasteiger partial charge in [0.05, 0.1) is 0 Å². The standard InChI is InChI=1S/C11H22N2O4S/c1-9(11(14)15)18(16,17)13-6-4-10(5-7-13)8-12(2)3/h9-10H,4-8H2,1-3H3,(H,14,15). The van der Waals surface area contributed by atoms with Crippen LogP contribution in [-0.2, 0) is 14.8 Å². The highest BCUT2D eigenvalue weighted by molar-refractivity contribution is 7.90. The average Bonchev–Trinajstić information content (AvgIpc) is 2.27. The first kappa shape index (κ1) is 15.4. The lowest BCUT2D eigenvalue weighted by Gasteiger charge is -2.33. The van der Waals surface area contributed by atoms with Crippen molar-refractivity contribution >= 4 is 16.0 Å². The van der Waals surface area contributed by atoms with Gasteiger partial charge in [0.25, 0.3) is 0 Å². The highest BCUT2D eigenvalue weighted by Crippen LogP contribution is 2.22. The lowest BCUT2D eigenvalue weighted by molar-refractivity contribution is -0.136. The van der Waals surface area contributed by atoms with Gasteiger partial charge in [-0.25, -0.2) is 12.7 Å². The van der Waals surface area contributed by atoms with Crippen LogP contribution in [0.4, 0.5) is 0 Å². The van der Waals surface area contributed by atoms with Gasteiger partial charge in [-0.2, -0.15) is 0 Å². The molecule has 6 nitrogen and oxygen atoms in total. The summed E-state index contributed by atoms with van der Waals surface area (Å²) in [6.07, 6.45) is 1.59. The summed E-state index contributed by atoms with van der Waals surface area (Å²) in [6, 6.07) is 0. The Kier molecular flexibility index (Phi) is 5.12. The minimum absolute atomic E-state index is 0.429. The molecule has 1 fully saturated rings. The highest BCUT2D eigenvalue weighted by Gasteiger charge is 2.35. The van der Waals surface area contributed by atoms with Crippen LogP contribution >= 0.6 is 0 Å². The largest absolute Gasteiger partial charge is 0.480 e. The molecule has 1 aliphatic rings. The van der Waals surface area contributed by atoms with E-state index in [0.29, 0.717) is 19.0 Å². The Morgan fingerprint density at radius 3 is 2.28 bits per heavy atom. The van der Waals surface area contributed by atoms with E-state index < -0.39 is 21.2 Å². The second-order valence-corrected chi connectivity index (χ2v) is 7.38. The molecule has 0 aliphatic carbocycles. The van der Waals surface area contributed by atoms with Crippen molar-refractivity contribution in [2.75, 3.05) is 33.7 Å². The normalized spacial score (nSPS) is 21.1. The minimum Gasteiger partial charge on any atom is -0.480 e. The molecule has 0 aromatic heterocycles. The quantitative estimate of drug-likeness (QED) is 0.769. The van der Waals surface area contributed by atoms with E-state index in [1.165, 1.54) is 11.2 Å². The molecule has 1 N–H and O–H groups in total. The van der Waals surface area contributed by atoms with Gasteiger partial charge >= 0.3 is 5.97 Å². The van der Waals surface area contributed by atoms with Crippen LogP contribution in [-0.4, -0.2) is 67.7 Å². The van der Waals surface area contributed by atoms with Gasteiger partial charge in [0.2, 0.25) is 10.0 Å². The molecule has 1 saturated heterocycles. The molecule has 0 aromatic rings. The van der Waals surface area contributed by atoms with Gasteiger partial charge in [0.15, 0.2) is 5.25 Å². The fourth-order valence-corrected chi connectivity index (χ4v) is 3.64. The van der Waals surface area contributed by atoms with Gasteiger partial charge in [0.1, 0.15) is 0 Å². The molecule has 1 atom stereocenters. The number of hydrogen-bond donors (Lipinski definition) is 1. The van der Waals surface area contributed by atoms with Gasteiger partial charge in [-0.05, 0) is 39.8 Å². The predicted octanol–water partition coefficient (Wildman–Crippen LogP) is 0.0629. The van der Waals surface area contributed by atoms with Gasteiger partial charge in [-0.15, -0.1) is 0 Å². The Hall–Kier alpha value is -0.660. The van der Waals surface area contributed by atoms with Gasteiger partial charge in [-0.1, -0.05) is 0 Å². The molecule has 18 heavy (non-hydrogen) atoms. The molecular formula is C11H22N2O4S. The summed E-state index contributed by atoms with van der Waals surface area (Å²) in [5.74, 6) is -0.794. The Morgan fingerprint density at radius 1 is 1.39 bits per heavy atom. The van der Waals surface area contributed by atoms with Crippen molar-refractivity contribution < 1.29 is 18.3 Å². The van der Waals surface area contributed by atoms with Crippen molar-refractivity contribution in [2.45, 2.75) is 25.0 Å². The van der Waals surface area contributed by atoms with Crippen LogP contribution in [0.5, 0.6) is 0 Å². The molecule has 1 heterocycles. The summed E-state index contributed by atoms with van der Waals surface area (Å²) < 4.78 is 25.3. The van der Waals surface area contributed by atoms with Crippen molar-refractivity contribution in [2.24, 2.45) is 5.92 Å². The zero-order valence-electron chi connectivity index (χ0n) is 11.2. The molecule has 0 bridgehead atoms. The van der Waals surface area contributed by atoms with Crippen LogP contribution in [0.2, 0.25) is 0 Å². The maximum Gasteiger partial charge on any atom is 0.323 e. The molecule has 0 radical (unpaired) electrons. The third-order valence-electron chi connectivity index (χ3n) is 3.35. The fourth-order valence-electron chi connectivity index (χ4n) is 2.21. The molecule has 7 heteroatoms. The lowest BCUT2D eigenvalue weighted by Crippen LogP contribution is -2.46. The summed E-state index contributed by atoms with van der Waals surface area (Å²) in [7, 11) is 0.298. The van der Waals surface area contributed by atoms with E-state index in [1.807, 2.05) is 14.1 Å². The SMILES string of the molecule is CC(C(=O)O)S(=O)(=O)N1CCC(CN(C)C)CC1. The average molecular weight is 278 g/mol. The van der Waals surface area contributed by atoms with E-state index >= 15 is 0 Å². The van der Waals surface area contributed by atoms with Gasteiger partial charge in [-0.3, -0.25) is 4.79 Å². The van der Waals surface area contributed by atoms with Gasteiger partial charge in [0, 0.05) is 19.6 Å². The number of rotatable bonds is 5. The topological polar surface area (TPSA) is 77.9 Å². The Bertz CT molecular complexity index is 386. The first-order chi connectivity index (χ1) is 8.25. The van der Waals surface area contributed by atoms with Crippen molar-refractivity contribution in [3.8, 4) is 0 Å². The van der Waals surface area contributed by atoms with Crippen LogP contribution in [0.25, 0.3) is 0 Å². The monoisotopic (exact) mass is 278 g/mol. The summed E-state index contributed by atoms with van der Waals surface area (Å²) in [5.41, 5.74) is 0. The van der Waals surface area contributed by atoms with E-state index in [4.69, 9.17) is 5.11 Å². The number of aliphatic carboxylic acids is 1. The Balaban J connectivity index is 2.60. The van der Waals surface area contributed by atoms with Crippen LogP contribution in [0.1, 0.15) is 19.8 Å². The van der Waals surface area contributed by atoms with E-state index in [9.17, 15) is 13.2 Å². The number of carboxylic acid groups (broad SMARTS) is 1. The third-order valence-corrected chi connectivity index (χ3v) is 5.53. The van der Waals surface area contributed by atoms with Crippen LogP contribution in [0.15, 0.2) is 0 Å². The number of sulfonamides is 1. The number of nitrogens with zero attached hydrogens (tertiary/aromatic N) is 2. The van der Waals surface area contributed by atoms with Crippen molar-refractivity contribution in [3.63, 3.8) is 0 Å². The second-order valence-electron chi connectivity index (χ2n) is 5.13. The summed E-state index contributed by atoms with van der Waals surface area (Å²) in [4.78, 5) is 12.9. The maximum atomic E-state index is 12.0. The molecule has 1 aliphatic heterocycles.